The van der Waals surface area contributed by atoms with Gasteiger partial charge in [-0.3, -0.25) is 9.69 Å². The highest BCUT2D eigenvalue weighted by atomic mass is 35.5. The molecule has 2 amide bonds. The fourth-order valence-corrected chi connectivity index (χ4v) is 4.36. The fourth-order valence-electron chi connectivity index (χ4n) is 3.37. The molecule has 0 N–H and O–H groups in total. The smallest absolute Gasteiger partial charge is 0.414 e. The number of nitrogens with zero attached hydrogens (tertiary/aromatic N) is 3. The van der Waals surface area contributed by atoms with Crippen LogP contribution in [0, 0.1) is 11.0 Å². The summed E-state index contributed by atoms with van der Waals surface area (Å²) in [6.07, 6.45) is -1.52. The van der Waals surface area contributed by atoms with Crippen molar-refractivity contribution >= 4 is 46.3 Å². The SMILES string of the molecule is O=C(c1ccc(Cl)s1)N([O-])C[C@@H]1CN(c2ccc(N3CCOCC3)c(F)c2)C(=O)O1. The minimum Gasteiger partial charge on any atom is -0.756 e. The fraction of sp³-hybridized carbons (Fsp3) is 0.368. The highest BCUT2D eigenvalue weighted by Crippen LogP contribution is 2.29. The summed E-state index contributed by atoms with van der Waals surface area (Å²) in [5, 5.41) is 12.4. The third-order valence-corrected chi connectivity index (χ3v) is 6.07. The van der Waals surface area contributed by atoms with Gasteiger partial charge in [0.15, 0.2) is 0 Å². The molecule has 0 saturated carbocycles. The van der Waals surface area contributed by atoms with E-state index in [9.17, 15) is 19.2 Å². The lowest BCUT2D eigenvalue weighted by Crippen LogP contribution is -2.37. The van der Waals surface area contributed by atoms with E-state index in [2.05, 4.69) is 0 Å². The molecule has 0 aliphatic carbocycles. The first-order chi connectivity index (χ1) is 14.4. The van der Waals surface area contributed by atoms with Gasteiger partial charge in [-0.15, -0.1) is 11.3 Å². The van der Waals surface area contributed by atoms with Gasteiger partial charge in [0.1, 0.15) is 11.9 Å². The molecule has 2 saturated heterocycles. The lowest BCUT2D eigenvalue weighted by atomic mass is 10.2. The highest BCUT2D eigenvalue weighted by Gasteiger charge is 2.33. The minimum absolute atomic E-state index is 0.0341. The number of hydrogen-bond donors (Lipinski definition) is 0. The summed E-state index contributed by atoms with van der Waals surface area (Å²) < 4.78 is 25.5. The van der Waals surface area contributed by atoms with Crippen LogP contribution in [0.5, 0.6) is 0 Å². The van der Waals surface area contributed by atoms with Crippen LogP contribution in [0.3, 0.4) is 0 Å². The van der Waals surface area contributed by atoms with Crippen molar-refractivity contribution in [2.45, 2.75) is 6.10 Å². The average molecular weight is 455 g/mol. The summed E-state index contributed by atoms with van der Waals surface area (Å²) in [5.74, 6) is -1.21. The Morgan fingerprint density at radius 3 is 2.73 bits per heavy atom. The predicted octanol–water partition coefficient (Wildman–Crippen LogP) is 3.34. The van der Waals surface area contributed by atoms with Gasteiger partial charge >= 0.3 is 6.09 Å². The van der Waals surface area contributed by atoms with Gasteiger partial charge in [-0.1, -0.05) is 11.6 Å². The van der Waals surface area contributed by atoms with Crippen LogP contribution in [0.25, 0.3) is 0 Å². The Bertz CT molecular complexity index is 952. The normalized spacial score (nSPS) is 19.2. The molecule has 30 heavy (non-hydrogen) atoms. The third kappa shape index (κ3) is 4.36. The molecule has 0 spiro atoms. The molecule has 8 nitrogen and oxygen atoms in total. The van der Waals surface area contributed by atoms with E-state index in [1.165, 1.54) is 23.1 Å². The summed E-state index contributed by atoms with van der Waals surface area (Å²) in [6.45, 7) is 1.95. The number of hydrogen-bond acceptors (Lipinski definition) is 7. The van der Waals surface area contributed by atoms with Gasteiger partial charge in [0, 0.05) is 19.6 Å². The van der Waals surface area contributed by atoms with Crippen LogP contribution in [0.4, 0.5) is 20.6 Å². The van der Waals surface area contributed by atoms with E-state index in [1.54, 1.807) is 12.1 Å². The van der Waals surface area contributed by atoms with Crippen molar-refractivity contribution in [3.05, 3.63) is 50.6 Å². The number of amides is 2. The van der Waals surface area contributed by atoms with Crippen molar-refractivity contribution in [3.8, 4) is 0 Å². The zero-order valence-corrected chi connectivity index (χ0v) is 17.3. The van der Waals surface area contributed by atoms with E-state index >= 15 is 0 Å². The number of rotatable bonds is 5. The van der Waals surface area contributed by atoms with Gasteiger partial charge < -0.3 is 24.6 Å². The van der Waals surface area contributed by atoms with Crippen LogP contribution in [0.2, 0.25) is 4.34 Å². The Labute approximate surface area is 180 Å². The van der Waals surface area contributed by atoms with Crippen molar-refractivity contribution in [2.24, 2.45) is 0 Å². The number of thiophene rings is 1. The minimum atomic E-state index is -0.823. The van der Waals surface area contributed by atoms with E-state index in [4.69, 9.17) is 21.1 Å². The quantitative estimate of drug-likeness (QED) is 0.644. The maximum absolute atomic E-state index is 14.6. The number of hydroxylamine groups is 2. The zero-order chi connectivity index (χ0) is 21.3. The molecule has 4 rings (SSSR count). The standard InChI is InChI=1S/C19H18ClFN3O5S/c20-17-4-3-16(30-17)18(25)24(27)11-13-10-23(19(26)29-13)12-1-2-15(14(21)9-12)22-5-7-28-8-6-22/h1-4,9,13H,5-8,10-11H2/q-1/t13-/m0/s1. The number of halogens is 2. The van der Waals surface area contributed by atoms with Crippen LogP contribution in [-0.4, -0.2) is 62.6 Å². The van der Waals surface area contributed by atoms with E-state index in [-0.39, 0.29) is 23.0 Å². The molecule has 1 atom stereocenters. The van der Waals surface area contributed by atoms with Gasteiger partial charge in [-0.05, 0) is 30.3 Å². The van der Waals surface area contributed by atoms with E-state index in [1.807, 2.05) is 4.90 Å². The molecule has 2 aliphatic rings. The number of cyclic esters (lactones) is 1. The monoisotopic (exact) mass is 454 g/mol. The molecular formula is C19H18ClFN3O5S-. The van der Waals surface area contributed by atoms with Crippen molar-refractivity contribution in [1.82, 2.24) is 5.06 Å². The average Bonchev–Trinajstić information content (AvgIpc) is 3.33. The summed E-state index contributed by atoms with van der Waals surface area (Å²) in [6, 6.07) is 7.50. The van der Waals surface area contributed by atoms with Gasteiger partial charge in [0.25, 0.3) is 5.91 Å². The van der Waals surface area contributed by atoms with Crippen molar-refractivity contribution in [1.29, 1.82) is 0 Å². The van der Waals surface area contributed by atoms with Crippen molar-refractivity contribution < 1.29 is 23.5 Å². The third-order valence-electron chi connectivity index (χ3n) is 4.85. The zero-order valence-electron chi connectivity index (χ0n) is 15.8. The summed E-state index contributed by atoms with van der Waals surface area (Å²) >= 11 is 6.79. The Kier molecular flexibility index (Phi) is 6.09. The van der Waals surface area contributed by atoms with E-state index in [0.29, 0.717) is 42.0 Å². The second-order valence-corrected chi connectivity index (χ2v) is 8.54. The topological polar surface area (TPSA) is 85.4 Å². The molecule has 0 radical (unpaired) electrons. The first-order valence-corrected chi connectivity index (χ1v) is 10.5. The van der Waals surface area contributed by atoms with Crippen molar-refractivity contribution in [3.63, 3.8) is 0 Å². The summed E-state index contributed by atoms with van der Waals surface area (Å²) in [4.78, 5) is 27.7. The number of benzene rings is 1. The molecule has 3 heterocycles. The predicted molar refractivity (Wildman–Crippen MR) is 111 cm³/mol. The summed E-state index contributed by atoms with van der Waals surface area (Å²) in [5.41, 5.74) is 0.767. The molecule has 1 aromatic heterocycles. The molecule has 11 heteroatoms. The van der Waals surface area contributed by atoms with Gasteiger partial charge in [-0.25, -0.2) is 9.18 Å². The lowest BCUT2D eigenvalue weighted by Gasteiger charge is -2.29. The Morgan fingerprint density at radius 1 is 1.30 bits per heavy atom. The molecule has 1 aromatic carbocycles. The first-order valence-electron chi connectivity index (χ1n) is 9.27. The molecule has 2 aromatic rings. The number of carbonyl (C=O) groups excluding carboxylic acids is 2. The van der Waals surface area contributed by atoms with Crippen LogP contribution in [-0.2, 0) is 9.47 Å². The lowest BCUT2D eigenvalue weighted by molar-refractivity contribution is 0.0737. The van der Waals surface area contributed by atoms with Crippen LogP contribution in [0.15, 0.2) is 30.3 Å². The van der Waals surface area contributed by atoms with Crippen LogP contribution >= 0.6 is 22.9 Å². The number of morpholine rings is 1. The van der Waals surface area contributed by atoms with Gasteiger partial charge in [0.2, 0.25) is 0 Å². The molecule has 2 fully saturated rings. The Balaban J connectivity index is 1.40. The number of carbonyl (C=O) groups is 2. The van der Waals surface area contributed by atoms with Crippen LogP contribution < -0.4 is 9.80 Å². The second-order valence-electron chi connectivity index (χ2n) is 6.82. The maximum atomic E-state index is 14.6. The first kappa shape index (κ1) is 20.9. The Morgan fingerprint density at radius 2 is 2.07 bits per heavy atom. The highest BCUT2D eigenvalue weighted by molar-refractivity contribution is 7.17. The van der Waals surface area contributed by atoms with Gasteiger partial charge in [-0.2, -0.15) is 0 Å². The molecule has 0 unspecified atom stereocenters. The summed E-state index contributed by atoms with van der Waals surface area (Å²) in [7, 11) is 0. The molecule has 160 valence electrons. The van der Waals surface area contributed by atoms with E-state index in [0.717, 1.165) is 11.3 Å². The second kappa shape index (κ2) is 8.76. The van der Waals surface area contributed by atoms with Crippen molar-refractivity contribution in [2.75, 3.05) is 49.2 Å². The Hall–Kier alpha value is -2.40. The van der Waals surface area contributed by atoms with Gasteiger partial charge in [0.05, 0.1) is 40.3 Å². The largest absolute Gasteiger partial charge is 0.756 e. The van der Waals surface area contributed by atoms with Crippen LogP contribution in [0.1, 0.15) is 9.67 Å². The van der Waals surface area contributed by atoms with E-state index < -0.39 is 23.9 Å². The molecular weight excluding hydrogens is 437 g/mol. The number of anilines is 2. The molecule has 2 aliphatic heterocycles. The molecule has 0 bridgehead atoms. The maximum Gasteiger partial charge on any atom is 0.414 e. The number of ether oxygens (including phenoxy) is 2.